The zero-order chi connectivity index (χ0) is 23.6. The third kappa shape index (κ3) is 5.15. The normalized spacial score (nSPS) is 17.8. The van der Waals surface area contributed by atoms with Gasteiger partial charge in [-0.1, -0.05) is 11.6 Å². The van der Waals surface area contributed by atoms with Gasteiger partial charge in [0.2, 0.25) is 15.9 Å². The first kappa shape index (κ1) is 23.5. The second kappa shape index (κ2) is 9.70. The van der Waals surface area contributed by atoms with Crippen LogP contribution < -0.4 is 4.90 Å². The average molecular weight is 491 g/mol. The molecule has 2 aromatic carbocycles. The number of nitrogens with zero attached hydrogens (tertiary/aromatic N) is 4. The molecule has 2 aromatic rings. The van der Waals surface area contributed by atoms with E-state index in [4.69, 9.17) is 11.6 Å². The van der Waals surface area contributed by atoms with E-state index in [1.807, 2.05) is 24.3 Å². The third-order valence-electron chi connectivity index (χ3n) is 6.18. The zero-order valence-electron chi connectivity index (χ0n) is 18.5. The number of carbonyl (C=O) groups excluding carboxylic acids is 2. The maximum Gasteiger partial charge on any atom is 0.253 e. The second-order valence-corrected chi connectivity index (χ2v) is 10.6. The van der Waals surface area contributed by atoms with Crippen LogP contribution in [0.1, 0.15) is 17.3 Å². The summed E-state index contributed by atoms with van der Waals surface area (Å²) < 4.78 is 27.3. The third-order valence-corrected chi connectivity index (χ3v) is 8.35. The van der Waals surface area contributed by atoms with E-state index in [1.54, 1.807) is 21.9 Å². The van der Waals surface area contributed by atoms with Crippen LogP contribution in [-0.4, -0.2) is 86.7 Å². The monoisotopic (exact) mass is 490 g/mol. The van der Waals surface area contributed by atoms with E-state index in [0.717, 1.165) is 5.69 Å². The molecule has 2 aliphatic rings. The maximum atomic E-state index is 13.0. The first-order chi connectivity index (χ1) is 15.8. The van der Waals surface area contributed by atoms with Crippen LogP contribution in [0.2, 0.25) is 5.02 Å². The molecule has 0 radical (unpaired) electrons. The van der Waals surface area contributed by atoms with Crippen molar-refractivity contribution in [2.45, 2.75) is 11.8 Å². The molecular formula is C23H27ClN4O4S. The van der Waals surface area contributed by atoms with E-state index >= 15 is 0 Å². The minimum atomic E-state index is -3.67. The van der Waals surface area contributed by atoms with Crippen molar-refractivity contribution in [2.75, 3.05) is 57.3 Å². The molecule has 0 aromatic heterocycles. The van der Waals surface area contributed by atoms with Crippen LogP contribution >= 0.6 is 11.6 Å². The molecule has 0 unspecified atom stereocenters. The standard InChI is InChI=1S/C23H27ClN4O4S/c1-18(29)25-14-16-28(17-15-25)33(31,32)22-8-2-19(3-9-22)23(30)27-12-10-26(11-13-27)21-6-4-20(24)5-7-21/h2-9H,10-17H2,1H3. The Balaban J connectivity index is 1.36. The van der Waals surface area contributed by atoms with Crippen LogP contribution in [-0.2, 0) is 14.8 Å². The molecule has 4 rings (SSSR count). The van der Waals surface area contributed by atoms with E-state index < -0.39 is 10.0 Å². The molecule has 0 N–H and O–H groups in total. The molecule has 10 heteroatoms. The summed E-state index contributed by atoms with van der Waals surface area (Å²) >= 11 is 5.96. The average Bonchev–Trinajstić information content (AvgIpc) is 2.84. The minimum Gasteiger partial charge on any atom is -0.368 e. The van der Waals surface area contributed by atoms with Crippen molar-refractivity contribution in [2.24, 2.45) is 0 Å². The fraction of sp³-hybridized carbons (Fsp3) is 0.391. The lowest BCUT2D eigenvalue weighted by molar-refractivity contribution is -0.129. The van der Waals surface area contributed by atoms with E-state index in [9.17, 15) is 18.0 Å². The van der Waals surface area contributed by atoms with E-state index in [1.165, 1.54) is 23.4 Å². The Morgan fingerprint density at radius 1 is 0.758 bits per heavy atom. The maximum absolute atomic E-state index is 13.0. The summed E-state index contributed by atoms with van der Waals surface area (Å²) in [6.45, 7) is 5.38. The fourth-order valence-corrected chi connectivity index (χ4v) is 5.71. The van der Waals surface area contributed by atoms with E-state index in [2.05, 4.69) is 4.90 Å². The van der Waals surface area contributed by atoms with Crippen LogP contribution in [0.25, 0.3) is 0 Å². The number of piperazine rings is 2. The molecule has 2 amide bonds. The number of amides is 2. The Hall–Kier alpha value is -2.62. The molecule has 8 nitrogen and oxygen atoms in total. The smallest absolute Gasteiger partial charge is 0.253 e. The predicted molar refractivity (Wildman–Crippen MR) is 127 cm³/mol. The molecule has 0 bridgehead atoms. The summed E-state index contributed by atoms with van der Waals surface area (Å²) in [5, 5.41) is 0.691. The van der Waals surface area contributed by atoms with E-state index in [-0.39, 0.29) is 29.8 Å². The predicted octanol–water partition coefficient (Wildman–Crippen LogP) is 2.16. The number of carbonyl (C=O) groups is 2. The Morgan fingerprint density at radius 3 is 1.85 bits per heavy atom. The summed E-state index contributed by atoms with van der Waals surface area (Å²) in [4.78, 5) is 30.2. The molecule has 0 spiro atoms. The van der Waals surface area contributed by atoms with Gasteiger partial charge in [0, 0.05) is 75.6 Å². The highest BCUT2D eigenvalue weighted by Gasteiger charge is 2.29. The van der Waals surface area contributed by atoms with Gasteiger partial charge < -0.3 is 14.7 Å². The molecule has 0 aliphatic carbocycles. The molecule has 33 heavy (non-hydrogen) atoms. The van der Waals surface area contributed by atoms with Gasteiger partial charge in [-0.25, -0.2) is 8.42 Å². The Labute approximate surface area is 199 Å². The van der Waals surface area contributed by atoms with Gasteiger partial charge >= 0.3 is 0 Å². The van der Waals surface area contributed by atoms with Gasteiger partial charge in [0.25, 0.3) is 5.91 Å². The highest BCUT2D eigenvalue weighted by Crippen LogP contribution is 2.22. The fourth-order valence-electron chi connectivity index (χ4n) is 4.16. The van der Waals surface area contributed by atoms with Gasteiger partial charge in [-0.15, -0.1) is 0 Å². The number of sulfonamides is 1. The number of anilines is 1. The van der Waals surface area contributed by atoms with Crippen LogP contribution in [0, 0.1) is 0 Å². The van der Waals surface area contributed by atoms with Crippen molar-refractivity contribution in [1.29, 1.82) is 0 Å². The highest BCUT2D eigenvalue weighted by molar-refractivity contribution is 7.89. The van der Waals surface area contributed by atoms with Crippen LogP contribution in [0.4, 0.5) is 5.69 Å². The molecule has 176 valence electrons. The molecule has 0 atom stereocenters. The quantitative estimate of drug-likeness (QED) is 0.656. The summed E-state index contributed by atoms with van der Waals surface area (Å²) in [6.07, 6.45) is 0. The summed E-state index contributed by atoms with van der Waals surface area (Å²) in [7, 11) is -3.67. The lowest BCUT2D eigenvalue weighted by Gasteiger charge is -2.36. The Kier molecular flexibility index (Phi) is 6.92. The van der Waals surface area contributed by atoms with Gasteiger partial charge in [0.1, 0.15) is 0 Å². The lowest BCUT2D eigenvalue weighted by Crippen LogP contribution is -2.50. The van der Waals surface area contributed by atoms with Crippen molar-refractivity contribution < 1.29 is 18.0 Å². The number of hydrogen-bond donors (Lipinski definition) is 0. The van der Waals surface area contributed by atoms with Gasteiger partial charge in [0.05, 0.1) is 4.90 Å². The zero-order valence-corrected chi connectivity index (χ0v) is 20.1. The van der Waals surface area contributed by atoms with Crippen molar-refractivity contribution in [3.63, 3.8) is 0 Å². The molecule has 2 fully saturated rings. The molecule has 2 saturated heterocycles. The van der Waals surface area contributed by atoms with Crippen molar-refractivity contribution in [3.8, 4) is 0 Å². The van der Waals surface area contributed by atoms with Crippen molar-refractivity contribution >= 4 is 39.1 Å². The van der Waals surface area contributed by atoms with Crippen molar-refractivity contribution in [3.05, 3.63) is 59.1 Å². The number of halogens is 1. The van der Waals surface area contributed by atoms with Crippen LogP contribution in [0.3, 0.4) is 0 Å². The number of rotatable bonds is 4. The van der Waals surface area contributed by atoms with Crippen molar-refractivity contribution in [1.82, 2.24) is 14.1 Å². The largest absolute Gasteiger partial charge is 0.368 e. The molecule has 0 saturated carbocycles. The van der Waals surface area contributed by atoms with Crippen LogP contribution in [0.15, 0.2) is 53.4 Å². The van der Waals surface area contributed by atoms with Gasteiger partial charge in [-0.3, -0.25) is 9.59 Å². The SMILES string of the molecule is CC(=O)N1CCN(S(=O)(=O)c2ccc(C(=O)N3CCN(c4ccc(Cl)cc4)CC3)cc2)CC1. The molecule has 2 heterocycles. The number of hydrogen-bond acceptors (Lipinski definition) is 5. The first-order valence-electron chi connectivity index (χ1n) is 10.9. The minimum absolute atomic E-state index is 0.0519. The van der Waals surface area contributed by atoms with E-state index in [0.29, 0.717) is 49.9 Å². The first-order valence-corrected chi connectivity index (χ1v) is 12.7. The summed E-state index contributed by atoms with van der Waals surface area (Å²) in [5.41, 5.74) is 1.54. The lowest BCUT2D eigenvalue weighted by atomic mass is 10.1. The molecule has 2 aliphatic heterocycles. The Morgan fingerprint density at radius 2 is 1.30 bits per heavy atom. The van der Waals surface area contributed by atoms with Gasteiger partial charge in [0.15, 0.2) is 0 Å². The summed E-state index contributed by atoms with van der Waals surface area (Å²) in [5.74, 6) is -0.159. The topological polar surface area (TPSA) is 81.2 Å². The van der Waals surface area contributed by atoms with Gasteiger partial charge in [-0.05, 0) is 48.5 Å². The number of benzene rings is 2. The second-order valence-electron chi connectivity index (χ2n) is 8.19. The van der Waals surface area contributed by atoms with Crippen LogP contribution in [0.5, 0.6) is 0 Å². The highest BCUT2D eigenvalue weighted by atomic mass is 35.5. The Bertz CT molecular complexity index is 1110. The molecular weight excluding hydrogens is 464 g/mol. The summed E-state index contributed by atoms with van der Waals surface area (Å²) in [6, 6.07) is 13.8. The van der Waals surface area contributed by atoms with Gasteiger partial charge in [-0.2, -0.15) is 4.31 Å².